The van der Waals surface area contributed by atoms with Crippen LogP contribution >= 0.6 is 0 Å². The third kappa shape index (κ3) is 2.88. The van der Waals surface area contributed by atoms with Gasteiger partial charge in [-0.2, -0.15) is 4.80 Å². The molecule has 5 heteroatoms. The Bertz CT molecular complexity index is 363. The molecule has 1 aliphatic heterocycles. The number of nitrogens with zero attached hydrogens (tertiary/aromatic N) is 4. The molecular weight excluding hydrogens is 226 g/mol. The highest BCUT2D eigenvalue weighted by atomic mass is 15.6. The Labute approximate surface area is 108 Å². The second kappa shape index (κ2) is 5.78. The van der Waals surface area contributed by atoms with Crippen LogP contribution in [0.1, 0.15) is 56.7 Å². The molecule has 100 valence electrons. The highest BCUT2D eigenvalue weighted by Gasteiger charge is 2.21. The van der Waals surface area contributed by atoms with Crippen molar-refractivity contribution >= 4 is 0 Å². The number of tetrazole rings is 1. The van der Waals surface area contributed by atoms with Gasteiger partial charge in [0.25, 0.3) is 0 Å². The minimum atomic E-state index is 0.471. The lowest BCUT2D eigenvalue weighted by Crippen LogP contribution is -2.29. The van der Waals surface area contributed by atoms with Crippen LogP contribution in [0.4, 0.5) is 0 Å². The fourth-order valence-electron chi connectivity index (χ4n) is 3.17. The molecule has 0 spiro atoms. The predicted molar refractivity (Wildman–Crippen MR) is 69.2 cm³/mol. The molecule has 1 saturated carbocycles. The SMILES string of the molecule is C1CCC(Cn2nnc(C3CCCNC3)n2)CC1. The first kappa shape index (κ1) is 12.1. The van der Waals surface area contributed by atoms with Crippen LogP contribution in [-0.2, 0) is 6.54 Å². The number of hydrogen-bond acceptors (Lipinski definition) is 4. The van der Waals surface area contributed by atoms with Gasteiger partial charge in [-0.05, 0) is 43.4 Å². The van der Waals surface area contributed by atoms with Gasteiger partial charge in [-0.1, -0.05) is 19.3 Å². The summed E-state index contributed by atoms with van der Waals surface area (Å²) in [7, 11) is 0. The Morgan fingerprint density at radius 3 is 2.78 bits per heavy atom. The Morgan fingerprint density at radius 1 is 1.11 bits per heavy atom. The third-order valence-corrected chi connectivity index (χ3v) is 4.28. The minimum Gasteiger partial charge on any atom is -0.316 e. The van der Waals surface area contributed by atoms with Crippen molar-refractivity contribution in [3.05, 3.63) is 5.82 Å². The molecule has 0 bridgehead atoms. The quantitative estimate of drug-likeness (QED) is 0.886. The number of hydrogen-bond donors (Lipinski definition) is 1. The molecule has 1 unspecified atom stereocenters. The van der Waals surface area contributed by atoms with Gasteiger partial charge in [0.15, 0.2) is 5.82 Å². The van der Waals surface area contributed by atoms with Gasteiger partial charge in [0.1, 0.15) is 0 Å². The first-order valence-electron chi connectivity index (χ1n) is 7.40. The van der Waals surface area contributed by atoms with E-state index in [4.69, 9.17) is 0 Å². The lowest BCUT2D eigenvalue weighted by atomic mass is 9.89. The van der Waals surface area contributed by atoms with Crippen molar-refractivity contribution in [3.8, 4) is 0 Å². The van der Waals surface area contributed by atoms with Crippen LogP contribution in [0.25, 0.3) is 0 Å². The van der Waals surface area contributed by atoms with Crippen molar-refractivity contribution in [1.29, 1.82) is 0 Å². The van der Waals surface area contributed by atoms with Crippen molar-refractivity contribution in [2.75, 3.05) is 13.1 Å². The van der Waals surface area contributed by atoms with Crippen molar-refractivity contribution < 1.29 is 0 Å². The fraction of sp³-hybridized carbons (Fsp3) is 0.923. The van der Waals surface area contributed by atoms with Crippen molar-refractivity contribution in [2.24, 2.45) is 5.92 Å². The highest BCUT2D eigenvalue weighted by molar-refractivity contribution is 4.94. The summed E-state index contributed by atoms with van der Waals surface area (Å²) < 4.78 is 0. The average Bonchev–Trinajstić information content (AvgIpc) is 2.89. The molecule has 1 saturated heterocycles. The zero-order chi connectivity index (χ0) is 12.2. The smallest absolute Gasteiger partial charge is 0.179 e. The van der Waals surface area contributed by atoms with E-state index in [1.807, 2.05) is 4.80 Å². The normalized spacial score (nSPS) is 26.3. The number of rotatable bonds is 3. The molecule has 1 aromatic rings. The van der Waals surface area contributed by atoms with E-state index in [-0.39, 0.29) is 0 Å². The number of aromatic nitrogens is 4. The molecule has 3 rings (SSSR count). The predicted octanol–water partition coefficient (Wildman–Crippen LogP) is 1.72. The van der Waals surface area contributed by atoms with E-state index in [1.165, 1.54) is 44.9 Å². The van der Waals surface area contributed by atoms with Crippen molar-refractivity contribution in [3.63, 3.8) is 0 Å². The second-order valence-electron chi connectivity index (χ2n) is 5.75. The van der Waals surface area contributed by atoms with E-state index in [9.17, 15) is 0 Å². The second-order valence-corrected chi connectivity index (χ2v) is 5.75. The Kier molecular flexibility index (Phi) is 3.88. The summed E-state index contributed by atoms with van der Waals surface area (Å²) in [6.07, 6.45) is 9.24. The summed E-state index contributed by atoms with van der Waals surface area (Å²) in [5, 5.41) is 16.5. The summed E-state index contributed by atoms with van der Waals surface area (Å²) in [6.45, 7) is 3.11. The van der Waals surface area contributed by atoms with Crippen LogP contribution in [0.2, 0.25) is 0 Å². The molecule has 1 aromatic heterocycles. The van der Waals surface area contributed by atoms with E-state index in [0.717, 1.165) is 31.4 Å². The standard InChI is InChI=1S/C13H23N5/c1-2-5-11(6-3-1)10-18-16-13(15-17-18)12-7-4-8-14-9-12/h11-12,14H,1-10H2. The summed E-state index contributed by atoms with van der Waals surface area (Å²) in [5.74, 6) is 2.18. The van der Waals surface area contributed by atoms with Gasteiger partial charge in [-0.15, -0.1) is 10.2 Å². The van der Waals surface area contributed by atoms with Crippen LogP contribution in [0.5, 0.6) is 0 Å². The van der Waals surface area contributed by atoms with Crippen LogP contribution < -0.4 is 5.32 Å². The van der Waals surface area contributed by atoms with E-state index < -0.39 is 0 Å². The Morgan fingerprint density at radius 2 is 2.00 bits per heavy atom. The monoisotopic (exact) mass is 249 g/mol. The summed E-state index contributed by atoms with van der Waals surface area (Å²) in [5.41, 5.74) is 0. The van der Waals surface area contributed by atoms with Gasteiger partial charge < -0.3 is 5.32 Å². The van der Waals surface area contributed by atoms with Gasteiger partial charge in [0.2, 0.25) is 0 Å². The Balaban J connectivity index is 1.58. The molecule has 0 amide bonds. The maximum atomic E-state index is 4.58. The number of nitrogens with one attached hydrogen (secondary N) is 1. The number of piperidine rings is 1. The maximum Gasteiger partial charge on any atom is 0.179 e. The third-order valence-electron chi connectivity index (χ3n) is 4.28. The molecule has 18 heavy (non-hydrogen) atoms. The lowest BCUT2D eigenvalue weighted by Gasteiger charge is -2.20. The first-order chi connectivity index (χ1) is 8.92. The summed E-state index contributed by atoms with van der Waals surface area (Å²) >= 11 is 0. The van der Waals surface area contributed by atoms with Crippen LogP contribution in [0, 0.1) is 5.92 Å². The molecule has 2 fully saturated rings. The van der Waals surface area contributed by atoms with Crippen molar-refractivity contribution in [2.45, 2.75) is 57.4 Å². The van der Waals surface area contributed by atoms with Gasteiger partial charge in [0.05, 0.1) is 6.54 Å². The first-order valence-corrected chi connectivity index (χ1v) is 7.40. The van der Waals surface area contributed by atoms with Gasteiger partial charge in [0, 0.05) is 12.5 Å². The molecular formula is C13H23N5. The zero-order valence-corrected chi connectivity index (χ0v) is 11.0. The molecule has 0 radical (unpaired) electrons. The van der Waals surface area contributed by atoms with E-state index in [0.29, 0.717) is 5.92 Å². The molecule has 5 nitrogen and oxygen atoms in total. The zero-order valence-electron chi connectivity index (χ0n) is 11.0. The van der Waals surface area contributed by atoms with E-state index >= 15 is 0 Å². The minimum absolute atomic E-state index is 0.471. The van der Waals surface area contributed by atoms with Crippen LogP contribution in [-0.4, -0.2) is 33.3 Å². The average molecular weight is 249 g/mol. The fourth-order valence-corrected chi connectivity index (χ4v) is 3.17. The topological polar surface area (TPSA) is 55.6 Å². The molecule has 2 aliphatic rings. The summed E-state index contributed by atoms with van der Waals surface area (Å²) in [4.78, 5) is 1.83. The Hall–Kier alpha value is -0.970. The van der Waals surface area contributed by atoms with Crippen LogP contribution in [0.15, 0.2) is 0 Å². The largest absolute Gasteiger partial charge is 0.316 e. The van der Waals surface area contributed by atoms with E-state index in [1.54, 1.807) is 0 Å². The summed E-state index contributed by atoms with van der Waals surface area (Å²) in [6, 6.07) is 0. The molecule has 1 aliphatic carbocycles. The van der Waals surface area contributed by atoms with Gasteiger partial charge >= 0.3 is 0 Å². The van der Waals surface area contributed by atoms with Gasteiger partial charge in [-0.25, -0.2) is 0 Å². The van der Waals surface area contributed by atoms with Gasteiger partial charge in [-0.3, -0.25) is 0 Å². The van der Waals surface area contributed by atoms with Crippen LogP contribution in [0.3, 0.4) is 0 Å². The molecule has 0 aromatic carbocycles. The van der Waals surface area contributed by atoms with E-state index in [2.05, 4.69) is 20.7 Å². The van der Waals surface area contributed by atoms with Crippen molar-refractivity contribution in [1.82, 2.24) is 25.5 Å². The highest BCUT2D eigenvalue weighted by Crippen LogP contribution is 2.25. The maximum absolute atomic E-state index is 4.58. The molecule has 2 heterocycles. The lowest BCUT2D eigenvalue weighted by molar-refractivity contribution is 0.290. The molecule has 1 atom stereocenters. The molecule has 1 N–H and O–H groups in total.